The van der Waals surface area contributed by atoms with E-state index in [4.69, 9.17) is 10.8 Å². The molecule has 72 valence electrons. The smallest absolute Gasteiger partial charge is 0.0630 e. The van der Waals surface area contributed by atoms with Crippen molar-refractivity contribution in [2.75, 3.05) is 11.9 Å². The van der Waals surface area contributed by atoms with Gasteiger partial charge in [0.05, 0.1) is 6.61 Å². The average Bonchev–Trinajstić information content (AvgIpc) is 2.18. The first kappa shape index (κ1) is 10.0. The van der Waals surface area contributed by atoms with Crippen molar-refractivity contribution >= 4 is 5.69 Å². The Morgan fingerprint density at radius 2 is 2.31 bits per heavy atom. The Bertz CT molecular complexity index is 263. The van der Waals surface area contributed by atoms with Gasteiger partial charge in [-0.05, 0) is 24.6 Å². The third kappa shape index (κ3) is 3.05. The van der Waals surface area contributed by atoms with Crippen LogP contribution in [0.5, 0.6) is 0 Å². The van der Waals surface area contributed by atoms with Gasteiger partial charge in [0.1, 0.15) is 0 Å². The quantitative estimate of drug-likeness (QED) is 0.646. The molecule has 1 unspecified atom stereocenters. The van der Waals surface area contributed by atoms with Crippen LogP contribution in [0.15, 0.2) is 24.3 Å². The average molecular weight is 180 g/mol. The highest BCUT2D eigenvalue weighted by Crippen LogP contribution is 2.10. The number of rotatable bonds is 4. The number of nitrogens with one attached hydrogen (secondary N) is 1. The zero-order chi connectivity index (χ0) is 9.68. The normalized spacial score (nSPS) is 12.5. The van der Waals surface area contributed by atoms with Crippen LogP contribution >= 0.6 is 0 Å². The molecule has 13 heavy (non-hydrogen) atoms. The summed E-state index contributed by atoms with van der Waals surface area (Å²) >= 11 is 0. The van der Waals surface area contributed by atoms with Crippen LogP contribution < -0.4 is 11.1 Å². The largest absolute Gasteiger partial charge is 0.394 e. The van der Waals surface area contributed by atoms with E-state index < -0.39 is 0 Å². The predicted octanol–water partition coefficient (Wildman–Crippen LogP) is 0.938. The SMILES string of the molecule is CC(CO)Nc1cccc(CN)c1. The Morgan fingerprint density at radius 1 is 1.54 bits per heavy atom. The van der Waals surface area contributed by atoms with Crippen LogP contribution in [0.4, 0.5) is 5.69 Å². The third-order valence-electron chi connectivity index (χ3n) is 1.85. The van der Waals surface area contributed by atoms with Gasteiger partial charge in [-0.25, -0.2) is 0 Å². The molecule has 0 aliphatic heterocycles. The summed E-state index contributed by atoms with van der Waals surface area (Å²) in [5.41, 5.74) is 7.60. The first-order valence-electron chi connectivity index (χ1n) is 4.42. The molecule has 3 nitrogen and oxygen atoms in total. The van der Waals surface area contributed by atoms with E-state index in [9.17, 15) is 0 Å². The molecule has 0 saturated heterocycles. The molecule has 0 bridgehead atoms. The molecule has 1 aromatic carbocycles. The summed E-state index contributed by atoms with van der Waals surface area (Å²) < 4.78 is 0. The monoisotopic (exact) mass is 180 g/mol. The Hall–Kier alpha value is -1.06. The van der Waals surface area contributed by atoms with Crippen LogP contribution in [0.2, 0.25) is 0 Å². The zero-order valence-corrected chi connectivity index (χ0v) is 7.83. The Labute approximate surface area is 78.6 Å². The maximum Gasteiger partial charge on any atom is 0.0630 e. The van der Waals surface area contributed by atoms with Crippen LogP contribution in [-0.4, -0.2) is 17.8 Å². The van der Waals surface area contributed by atoms with E-state index in [1.54, 1.807) is 0 Å². The first-order chi connectivity index (χ1) is 6.26. The van der Waals surface area contributed by atoms with Gasteiger partial charge in [0.2, 0.25) is 0 Å². The molecule has 4 N–H and O–H groups in total. The molecule has 0 aromatic heterocycles. The number of aliphatic hydroxyl groups excluding tert-OH is 1. The molecule has 1 atom stereocenters. The Kier molecular flexibility index (Phi) is 3.73. The fourth-order valence-corrected chi connectivity index (χ4v) is 1.12. The van der Waals surface area contributed by atoms with E-state index >= 15 is 0 Å². The molecule has 0 fully saturated rings. The molecule has 0 amide bonds. The van der Waals surface area contributed by atoms with Crippen molar-refractivity contribution in [1.29, 1.82) is 0 Å². The number of aliphatic hydroxyl groups is 1. The highest BCUT2D eigenvalue weighted by molar-refractivity contribution is 5.46. The lowest BCUT2D eigenvalue weighted by molar-refractivity contribution is 0.281. The summed E-state index contributed by atoms with van der Waals surface area (Å²) in [5, 5.41) is 12.0. The molecule has 0 aliphatic rings. The second-order valence-electron chi connectivity index (χ2n) is 3.13. The molecular weight excluding hydrogens is 164 g/mol. The molecule has 3 heteroatoms. The van der Waals surface area contributed by atoms with Gasteiger partial charge in [0.15, 0.2) is 0 Å². The number of hydrogen-bond donors (Lipinski definition) is 3. The lowest BCUT2D eigenvalue weighted by Gasteiger charge is -2.12. The lowest BCUT2D eigenvalue weighted by Crippen LogP contribution is -2.19. The van der Waals surface area contributed by atoms with Crippen LogP contribution in [0.3, 0.4) is 0 Å². The molecule has 0 aliphatic carbocycles. The van der Waals surface area contributed by atoms with Crippen molar-refractivity contribution in [2.24, 2.45) is 5.73 Å². The van der Waals surface area contributed by atoms with Gasteiger partial charge >= 0.3 is 0 Å². The number of nitrogens with two attached hydrogens (primary N) is 1. The van der Waals surface area contributed by atoms with Crippen LogP contribution in [0.1, 0.15) is 12.5 Å². The van der Waals surface area contributed by atoms with Crippen molar-refractivity contribution in [3.05, 3.63) is 29.8 Å². The first-order valence-corrected chi connectivity index (χ1v) is 4.42. The van der Waals surface area contributed by atoms with Gasteiger partial charge in [0, 0.05) is 18.3 Å². The summed E-state index contributed by atoms with van der Waals surface area (Å²) in [7, 11) is 0. The van der Waals surface area contributed by atoms with Gasteiger partial charge < -0.3 is 16.2 Å². The minimum absolute atomic E-state index is 0.0769. The zero-order valence-electron chi connectivity index (χ0n) is 7.83. The fraction of sp³-hybridized carbons (Fsp3) is 0.400. The molecular formula is C10H16N2O. The van der Waals surface area contributed by atoms with Gasteiger partial charge in [-0.1, -0.05) is 12.1 Å². The van der Waals surface area contributed by atoms with E-state index in [0.717, 1.165) is 11.3 Å². The van der Waals surface area contributed by atoms with Crippen LogP contribution in [0.25, 0.3) is 0 Å². The number of benzene rings is 1. The Morgan fingerprint density at radius 3 is 2.92 bits per heavy atom. The van der Waals surface area contributed by atoms with Gasteiger partial charge in [-0.2, -0.15) is 0 Å². The summed E-state index contributed by atoms with van der Waals surface area (Å²) in [4.78, 5) is 0. The van der Waals surface area contributed by atoms with E-state index in [2.05, 4.69) is 5.32 Å². The standard InChI is InChI=1S/C10H16N2O/c1-8(7-13)12-10-4-2-3-9(5-10)6-11/h2-5,8,12-13H,6-7,11H2,1H3. The van der Waals surface area contributed by atoms with Gasteiger partial charge in [0.25, 0.3) is 0 Å². The van der Waals surface area contributed by atoms with Crippen molar-refractivity contribution in [3.63, 3.8) is 0 Å². The van der Waals surface area contributed by atoms with Gasteiger partial charge in [-0.3, -0.25) is 0 Å². The van der Waals surface area contributed by atoms with Crippen molar-refractivity contribution in [1.82, 2.24) is 0 Å². The summed E-state index contributed by atoms with van der Waals surface area (Å²) in [5.74, 6) is 0. The molecule has 0 heterocycles. The lowest BCUT2D eigenvalue weighted by atomic mass is 10.2. The van der Waals surface area contributed by atoms with Crippen molar-refractivity contribution in [3.8, 4) is 0 Å². The topological polar surface area (TPSA) is 58.3 Å². The summed E-state index contributed by atoms with van der Waals surface area (Å²) in [6.45, 7) is 2.60. The number of hydrogen-bond acceptors (Lipinski definition) is 3. The fourth-order valence-electron chi connectivity index (χ4n) is 1.12. The van der Waals surface area contributed by atoms with Crippen LogP contribution in [-0.2, 0) is 6.54 Å². The second kappa shape index (κ2) is 4.84. The van der Waals surface area contributed by atoms with Crippen molar-refractivity contribution < 1.29 is 5.11 Å². The van der Waals surface area contributed by atoms with E-state index in [1.807, 2.05) is 31.2 Å². The minimum Gasteiger partial charge on any atom is -0.394 e. The third-order valence-corrected chi connectivity index (χ3v) is 1.85. The molecule has 0 radical (unpaired) electrons. The summed E-state index contributed by atoms with van der Waals surface area (Å²) in [6, 6.07) is 7.97. The Balaban J connectivity index is 2.66. The highest BCUT2D eigenvalue weighted by atomic mass is 16.3. The molecule has 1 aromatic rings. The maximum absolute atomic E-state index is 8.84. The number of anilines is 1. The van der Waals surface area contributed by atoms with Crippen LogP contribution in [0, 0.1) is 0 Å². The highest BCUT2D eigenvalue weighted by Gasteiger charge is 1.99. The second-order valence-corrected chi connectivity index (χ2v) is 3.13. The summed E-state index contributed by atoms with van der Waals surface area (Å²) in [6.07, 6.45) is 0. The minimum atomic E-state index is 0.0769. The van der Waals surface area contributed by atoms with E-state index in [1.165, 1.54) is 0 Å². The van der Waals surface area contributed by atoms with E-state index in [0.29, 0.717) is 6.54 Å². The molecule has 1 rings (SSSR count). The predicted molar refractivity (Wildman–Crippen MR) is 54.5 cm³/mol. The maximum atomic E-state index is 8.84. The van der Waals surface area contributed by atoms with Gasteiger partial charge in [-0.15, -0.1) is 0 Å². The molecule has 0 saturated carbocycles. The molecule has 0 spiro atoms. The van der Waals surface area contributed by atoms with Crippen molar-refractivity contribution in [2.45, 2.75) is 19.5 Å². The van der Waals surface area contributed by atoms with E-state index in [-0.39, 0.29) is 12.6 Å².